The van der Waals surface area contributed by atoms with Gasteiger partial charge in [-0.2, -0.15) is 18.4 Å². The second kappa shape index (κ2) is 9.38. The number of alkyl halides is 3. The summed E-state index contributed by atoms with van der Waals surface area (Å²) in [7, 11) is 0. The minimum Gasteiger partial charge on any atom is -0.324 e. The molecule has 0 radical (unpaired) electrons. The highest BCUT2D eigenvalue weighted by Crippen LogP contribution is 2.34. The first kappa shape index (κ1) is 22.4. The topological polar surface area (TPSA) is 104 Å². The summed E-state index contributed by atoms with van der Waals surface area (Å²) in [6, 6.07) is 17.2. The summed E-state index contributed by atoms with van der Waals surface area (Å²) in [5, 5.41) is 14.3. The molecule has 0 spiro atoms. The molecule has 1 amide bonds. The van der Waals surface area contributed by atoms with Crippen LogP contribution in [0.3, 0.4) is 0 Å². The fourth-order valence-electron chi connectivity index (χ4n) is 3.18. The van der Waals surface area contributed by atoms with E-state index in [0.717, 1.165) is 23.3 Å². The molecule has 0 unspecified atom stereocenters. The average molecular weight is 460 g/mol. The first-order chi connectivity index (χ1) is 16.3. The number of anilines is 3. The zero-order valence-electron chi connectivity index (χ0n) is 17.3. The molecule has 2 aromatic heterocycles. The molecule has 0 aliphatic carbocycles. The molecule has 10 heteroatoms. The third-order valence-electron chi connectivity index (χ3n) is 4.74. The molecular weight excluding hydrogens is 445 g/mol. The van der Waals surface area contributed by atoms with Gasteiger partial charge < -0.3 is 10.6 Å². The van der Waals surface area contributed by atoms with E-state index < -0.39 is 23.2 Å². The van der Waals surface area contributed by atoms with Gasteiger partial charge in [0.15, 0.2) is 0 Å². The van der Waals surface area contributed by atoms with Crippen LogP contribution in [-0.2, 0) is 6.18 Å². The van der Waals surface area contributed by atoms with Gasteiger partial charge in [0.05, 0.1) is 29.1 Å². The molecule has 0 atom stereocenters. The van der Waals surface area contributed by atoms with Crippen LogP contribution in [0.5, 0.6) is 0 Å². The lowest BCUT2D eigenvalue weighted by atomic mass is 10.1. The van der Waals surface area contributed by atoms with E-state index in [1.807, 2.05) is 30.3 Å². The number of rotatable bonds is 5. The van der Waals surface area contributed by atoms with Gasteiger partial charge in [-0.3, -0.25) is 9.78 Å². The maximum Gasteiger partial charge on any atom is 0.417 e. The Kier molecular flexibility index (Phi) is 6.18. The molecule has 0 saturated carbocycles. The molecular formula is C24H15F3N6O. The molecule has 0 aliphatic rings. The van der Waals surface area contributed by atoms with Gasteiger partial charge in [0.2, 0.25) is 5.95 Å². The highest BCUT2D eigenvalue weighted by atomic mass is 19.4. The van der Waals surface area contributed by atoms with Gasteiger partial charge in [-0.25, -0.2) is 9.97 Å². The van der Waals surface area contributed by atoms with Crippen LogP contribution in [-0.4, -0.2) is 20.9 Å². The fraction of sp³-hybridized carbons (Fsp3) is 0.0417. The monoisotopic (exact) mass is 460 g/mol. The number of halogens is 3. The van der Waals surface area contributed by atoms with Crippen molar-refractivity contribution in [3.63, 3.8) is 0 Å². The molecule has 0 saturated heterocycles. The number of benzene rings is 2. The summed E-state index contributed by atoms with van der Waals surface area (Å²) in [6.45, 7) is 0. The van der Waals surface area contributed by atoms with Crippen LogP contribution >= 0.6 is 0 Å². The number of nitrogens with zero attached hydrogens (tertiary/aromatic N) is 4. The lowest BCUT2D eigenvalue weighted by molar-refractivity contribution is -0.137. The van der Waals surface area contributed by atoms with Crippen LogP contribution in [0, 0.1) is 11.3 Å². The van der Waals surface area contributed by atoms with Crippen LogP contribution in [0.4, 0.5) is 30.5 Å². The van der Waals surface area contributed by atoms with E-state index in [1.54, 1.807) is 12.3 Å². The molecule has 2 heterocycles. The molecule has 4 rings (SSSR count). The van der Waals surface area contributed by atoms with E-state index >= 15 is 0 Å². The van der Waals surface area contributed by atoms with Crippen LogP contribution in [0.2, 0.25) is 0 Å². The number of hydrogen-bond acceptors (Lipinski definition) is 6. The van der Waals surface area contributed by atoms with E-state index in [2.05, 4.69) is 25.6 Å². The van der Waals surface area contributed by atoms with Crippen LogP contribution in [0.15, 0.2) is 79.3 Å². The zero-order valence-corrected chi connectivity index (χ0v) is 17.3. The van der Waals surface area contributed by atoms with Crippen LogP contribution < -0.4 is 10.6 Å². The zero-order chi connectivity index (χ0) is 24.1. The molecule has 0 aliphatic heterocycles. The number of hydrogen-bond donors (Lipinski definition) is 2. The highest BCUT2D eigenvalue weighted by molar-refractivity contribution is 6.05. The Morgan fingerprint density at radius 2 is 1.79 bits per heavy atom. The Morgan fingerprint density at radius 1 is 1.00 bits per heavy atom. The lowest BCUT2D eigenvalue weighted by Crippen LogP contribution is -2.15. The number of amides is 1. The van der Waals surface area contributed by atoms with Crippen LogP contribution in [0.1, 0.15) is 21.6 Å². The molecule has 0 fully saturated rings. The Labute approximate surface area is 192 Å². The molecule has 4 aromatic rings. The van der Waals surface area contributed by atoms with Gasteiger partial charge in [0.25, 0.3) is 5.91 Å². The number of carbonyl (C=O) groups excluding carboxylic acids is 1. The minimum absolute atomic E-state index is 0.00921. The van der Waals surface area contributed by atoms with Crippen LogP contribution in [0.25, 0.3) is 11.1 Å². The molecule has 0 bridgehead atoms. The lowest BCUT2D eigenvalue weighted by Gasteiger charge is -2.12. The molecule has 168 valence electrons. The second-order valence-electron chi connectivity index (χ2n) is 7.00. The summed E-state index contributed by atoms with van der Waals surface area (Å²) in [6.07, 6.45) is -0.279. The average Bonchev–Trinajstić information content (AvgIpc) is 2.84. The molecule has 34 heavy (non-hydrogen) atoms. The predicted octanol–water partition coefficient (Wildman–Crippen LogP) is 5.42. The fourth-order valence-corrected chi connectivity index (χ4v) is 3.18. The van der Waals surface area contributed by atoms with Crippen molar-refractivity contribution in [3.8, 4) is 17.2 Å². The van der Waals surface area contributed by atoms with Gasteiger partial charge in [-0.05, 0) is 35.9 Å². The molecule has 7 nitrogen and oxygen atoms in total. The summed E-state index contributed by atoms with van der Waals surface area (Å²) in [5.41, 5.74) is 0.526. The van der Waals surface area contributed by atoms with E-state index in [-0.39, 0.29) is 17.3 Å². The van der Waals surface area contributed by atoms with Gasteiger partial charge in [0, 0.05) is 23.6 Å². The van der Waals surface area contributed by atoms with E-state index in [0.29, 0.717) is 5.69 Å². The summed E-state index contributed by atoms with van der Waals surface area (Å²) >= 11 is 0. The number of nitriles is 1. The second-order valence-corrected chi connectivity index (χ2v) is 7.00. The Balaban J connectivity index is 1.57. The quantitative estimate of drug-likeness (QED) is 0.412. The van der Waals surface area contributed by atoms with Crippen molar-refractivity contribution in [2.75, 3.05) is 10.6 Å². The van der Waals surface area contributed by atoms with Gasteiger partial charge in [-0.1, -0.05) is 30.3 Å². The van der Waals surface area contributed by atoms with Crippen molar-refractivity contribution >= 4 is 23.2 Å². The van der Waals surface area contributed by atoms with Gasteiger partial charge in [-0.15, -0.1) is 0 Å². The van der Waals surface area contributed by atoms with Gasteiger partial charge >= 0.3 is 6.18 Å². The van der Waals surface area contributed by atoms with Crippen molar-refractivity contribution in [3.05, 3.63) is 96.1 Å². The van der Waals surface area contributed by atoms with Crippen molar-refractivity contribution in [1.29, 1.82) is 5.26 Å². The maximum atomic E-state index is 13.2. The van der Waals surface area contributed by atoms with Gasteiger partial charge in [0.1, 0.15) is 5.69 Å². The van der Waals surface area contributed by atoms with Crippen molar-refractivity contribution < 1.29 is 18.0 Å². The number of nitrogens with one attached hydrogen (secondary N) is 2. The summed E-state index contributed by atoms with van der Waals surface area (Å²) < 4.78 is 39.7. The first-order valence-corrected chi connectivity index (χ1v) is 9.87. The SMILES string of the molecule is N#Cc1ccc(Nc2nccc(C(=O)Nc3cnccc3-c3ccccc3)n2)cc1C(F)(F)F. The maximum absolute atomic E-state index is 13.2. The molecule has 2 aromatic carbocycles. The number of pyridine rings is 1. The standard InChI is InChI=1S/C24H15F3N6O/c25-24(26,27)19-12-17(7-6-16(19)13-28)31-23-30-11-9-20(33-23)22(34)32-21-14-29-10-8-18(21)15-4-2-1-3-5-15/h1-12,14H,(H,32,34)(H,30,31,33). The third kappa shape index (κ3) is 4.99. The highest BCUT2D eigenvalue weighted by Gasteiger charge is 2.33. The Hall–Kier alpha value is -4.78. The van der Waals surface area contributed by atoms with E-state index in [9.17, 15) is 18.0 Å². The minimum atomic E-state index is -4.70. The van der Waals surface area contributed by atoms with Crippen molar-refractivity contribution in [2.24, 2.45) is 0 Å². The molecule has 2 N–H and O–H groups in total. The van der Waals surface area contributed by atoms with E-state index in [1.165, 1.54) is 30.6 Å². The Bertz CT molecular complexity index is 1380. The predicted molar refractivity (Wildman–Crippen MR) is 119 cm³/mol. The normalized spacial score (nSPS) is 10.9. The van der Waals surface area contributed by atoms with E-state index in [4.69, 9.17) is 5.26 Å². The van der Waals surface area contributed by atoms with Crippen molar-refractivity contribution in [1.82, 2.24) is 15.0 Å². The Morgan fingerprint density at radius 3 is 2.53 bits per heavy atom. The summed E-state index contributed by atoms with van der Waals surface area (Å²) in [4.78, 5) is 25.0. The summed E-state index contributed by atoms with van der Waals surface area (Å²) in [5.74, 6) is -0.633. The third-order valence-corrected chi connectivity index (χ3v) is 4.74. The smallest absolute Gasteiger partial charge is 0.324 e. The number of carbonyl (C=O) groups is 1. The first-order valence-electron chi connectivity index (χ1n) is 9.87. The largest absolute Gasteiger partial charge is 0.417 e. The van der Waals surface area contributed by atoms with Crippen molar-refractivity contribution in [2.45, 2.75) is 6.18 Å². The number of aromatic nitrogens is 3.